The fourth-order valence-corrected chi connectivity index (χ4v) is 3.63. The van der Waals surface area contributed by atoms with Crippen LogP contribution in [0.25, 0.3) is 0 Å². The molecule has 0 atom stereocenters. The molecule has 0 saturated heterocycles. The number of amides is 2. The Balaban J connectivity index is 1.82. The van der Waals surface area contributed by atoms with Crippen molar-refractivity contribution in [3.63, 3.8) is 0 Å². The number of urea groups is 1. The third-order valence-corrected chi connectivity index (χ3v) is 4.66. The maximum Gasteiger partial charge on any atom is 0.317 e. The molecule has 0 spiro atoms. The van der Waals surface area contributed by atoms with Crippen molar-refractivity contribution in [2.45, 2.75) is 38.3 Å². The van der Waals surface area contributed by atoms with Crippen LogP contribution >= 0.6 is 27.3 Å². The van der Waals surface area contributed by atoms with Gasteiger partial charge in [-0.1, -0.05) is 12.8 Å². The van der Waals surface area contributed by atoms with E-state index in [1.165, 1.54) is 17.7 Å². The highest BCUT2D eigenvalue weighted by Gasteiger charge is 2.19. The second-order valence-corrected chi connectivity index (χ2v) is 7.04. The van der Waals surface area contributed by atoms with Gasteiger partial charge in [-0.3, -0.25) is 0 Å². The van der Waals surface area contributed by atoms with Crippen molar-refractivity contribution in [2.75, 3.05) is 7.05 Å². The molecule has 2 amide bonds. The molecular weight excluding hydrogens is 300 g/mol. The molecule has 0 unspecified atom stereocenters. The number of nitrogens with zero attached hydrogens (tertiary/aromatic N) is 1. The quantitative estimate of drug-likeness (QED) is 0.908. The zero-order chi connectivity index (χ0) is 12.3. The van der Waals surface area contributed by atoms with E-state index in [1.54, 1.807) is 16.2 Å². The fourth-order valence-electron chi connectivity index (χ4n) is 2.10. The number of hydrogen-bond donors (Lipinski definition) is 1. The Morgan fingerprint density at radius 2 is 2.24 bits per heavy atom. The van der Waals surface area contributed by atoms with Crippen LogP contribution in [-0.4, -0.2) is 24.0 Å². The molecule has 1 N–H and O–H groups in total. The van der Waals surface area contributed by atoms with Crippen LogP contribution in [0.2, 0.25) is 0 Å². The Kier molecular flexibility index (Phi) is 4.45. The predicted molar refractivity (Wildman–Crippen MR) is 74.3 cm³/mol. The predicted octanol–water partition coefficient (Wildman–Crippen LogP) is 3.59. The summed E-state index contributed by atoms with van der Waals surface area (Å²) in [6.45, 7) is 0.675. The Morgan fingerprint density at radius 1 is 1.53 bits per heavy atom. The van der Waals surface area contributed by atoms with Crippen molar-refractivity contribution in [3.05, 3.63) is 20.8 Å². The molecule has 2 rings (SSSR count). The summed E-state index contributed by atoms with van der Waals surface area (Å²) in [5.41, 5.74) is 0. The number of hydrogen-bond acceptors (Lipinski definition) is 2. The van der Waals surface area contributed by atoms with E-state index >= 15 is 0 Å². The third-order valence-electron chi connectivity index (χ3n) is 3.05. The summed E-state index contributed by atoms with van der Waals surface area (Å²) in [5, 5.41) is 3.09. The molecule has 0 radical (unpaired) electrons. The van der Waals surface area contributed by atoms with Crippen molar-refractivity contribution in [1.82, 2.24) is 10.2 Å². The standard InChI is InChI=1S/C12H17BrN2OS/c1-15(8-10-6-7-11(13)17-10)12(16)14-9-4-2-3-5-9/h6-7,9H,2-5,8H2,1H3,(H,14,16). The highest BCUT2D eigenvalue weighted by Crippen LogP contribution is 2.23. The number of carbonyl (C=O) groups is 1. The van der Waals surface area contributed by atoms with Gasteiger partial charge in [0, 0.05) is 18.0 Å². The zero-order valence-electron chi connectivity index (χ0n) is 9.91. The lowest BCUT2D eigenvalue weighted by Gasteiger charge is -2.20. The van der Waals surface area contributed by atoms with E-state index in [2.05, 4.69) is 21.2 Å². The number of nitrogens with one attached hydrogen (secondary N) is 1. The van der Waals surface area contributed by atoms with Gasteiger partial charge < -0.3 is 10.2 Å². The SMILES string of the molecule is CN(Cc1ccc(Br)s1)C(=O)NC1CCCC1. The molecule has 1 aliphatic carbocycles. The summed E-state index contributed by atoms with van der Waals surface area (Å²) in [5.74, 6) is 0. The van der Waals surface area contributed by atoms with Crippen LogP contribution in [-0.2, 0) is 6.54 Å². The molecule has 1 fully saturated rings. The average molecular weight is 317 g/mol. The van der Waals surface area contributed by atoms with Crippen LogP contribution in [0.4, 0.5) is 4.79 Å². The highest BCUT2D eigenvalue weighted by atomic mass is 79.9. The lowest BCUT2D eigenvalue weighted by Crippen LogP contribution is -2.41. The zero-order valence-corrected chi connectivity index (χ0v) is 12.3. The Labute approximate surface area is 114 Å². The monoisotopic (exact) mass is 316 g/mol. The van der Waals surface area contributed by atoms with Crippen molar-refractivity contribution < 1.29 is 4.79 Å². The molecule has 1 aromatic heterocycles. The summed E-state index contributed by atoms with van der Waals surface area (Å²) < 4.78 is 1.11. The van der Waals surface area contributed by atoms with E-state index < -0.39 is 0 Å². The number of rotatable bonds is 3. The third kappa shape index (κ3) is 3.71. The van der Waals surface area contributed by atoms with Gasteiger partial charge >= 0.3 is 6.03 Å². The van der Waals surface area contributed by atoms with E-state index in [-0.39, 0.29) is 6.03 Å². The van der Waals surface area contributed by atoms with Crippen LogP contribution in [0.5, 0.6) is 0 Å². The van der Waals surface area contributed by atoms with Gasteiger partial charge in [0.2, 0.25) is 0 Å². The van der Waals surface area contributed by atoms with Gasteiger partial charge in [0.15, 0.2) is 0 Å². The van der Waals surface area contributed by atoms with Gasteiger partial charge in [0.1, 0.15) is 0 Å². The molecule has 17 heavy (non-hydrogen) atoms. The molecule has 5 heteroatoms. The van der Waals surface area contributed by atoms with Gasteiger partial charge in [-0.15, -0.1) is 11.3 Å². The number of thiophene rings is 1. The summed E-state index contributed by atoms with van der Waals surface area (Å²) in [4.78, 5) is 14.9. The molecule has 0 aromatic carbocycles. The minimum absolute atomic E-state index is 0.0430. The molecule has 0 aliphatic heterocycles. The van der Waals surface area contributed by atoms with Crippen molar-refractivity contribution in [2.24, 2.45) is 0 Å². The van der Waals surface area contributed by atoms with Gasteiger partial charge in [-0.2, -0.15) is 0 Å². The van der Waals surface area contributed by atoms with Crippen LogP contribution in [0, 0.1) is 0 Å². The van der Waals surface area contributed by atoms with Crippen molar-refractivity contribution >= 4 is 33.3 Å². The second-order valence-electron chi connectivity index (χ2n) is 4.49. The minimum atomic E-state index is 0.0430. The molecule has 94 valence electrons. The average Bonchev–Trinajstić information content (AvgIpc) is 2.90. The van der Waals surface area contributed by atoms with Gasteiger partial charge in [0.05, 0.1) is 10.3 Å². The Bertz CT molecular complexity index is 388. The Morgan fingerprint density at radius 3 is 2.82 bits per heavy atom. The maximum atomic E-state index is 11.9. The summed E-state index contributed by atoms with van der Waals surface area (Å²) >= 11 is 5.10. The summed E-state index contributed by atoms with van der Waals surface area (Å²) in [7, 11) is 1.85. The van der Waals surface area contributed by atoms with E-state index in [1.807, 2.05) is 19.2 Å². The first-order chi connectivity index (χ1) is 8.15. The smallest absolute Gasteiger partial charge is 0.317 e. The molecule has 0 bridgehead atoms. The number of carbonyl (C=O) groups excluding carboxylic acids is 1. The van der Waals surface area contributed by atoms with E-state index in [9.17, 15) is 4.79 Å². The van der Waals surface area contributed by atoms with Crippen LogP contribution in [0.3, 0.4) is 0 Å². The van der Waals surface area contributed by atoms with Crippen molar-refractivity contribution in [1.29, 1.82) is 0 Å². The van der Waals surface area contributed by atoms with E-state index in [0.29, 0.717) is 12.6 Å². The fraction of sp³-hybridized carbons (Fsp3) is 0.583. The van der Waals surface area contributed by atoms with Crippen molar-refractivity contribution in [3.8, 4) is 0 Å². The molecule has 1 aliphatic rings. The van der Waals surface area contributed by atoms with Crippen LogP contribution in [0.1, 0.15) is 30.6 Å². The van der Waals surface area contributed by atoms with Gasteiger partial charge in [-0.05, 0) is 40.9 Å². The lowest BCUT2D eigenvalue weighted by atomic mass is 10.2. The highest BCUT2D eigenvalue weighted by molar-refractivity contribution is 9.11. The normalized spacial score (nSPS) is 16.1. The second kappa shape index (κ2) is 5.87. The van der Waals surface area contributed by atoms with Gasteiger partial charge in [0.25, 0.3) is 0 Å². The first kappa shape index (κ1) is 12.9. The molecular formula is C12H17BrN2OS. The molecule has 1 saturated carbocycles. The Hall–Kier alpha value is -0.550. The molecule has 3 nitrogen and oxygen atoms in total. The largest absolute Gasteiger partial charge is 0.335 e. The molecule has 1 aromatic rings. The molecule has 1 heterocycles. The van der Waals surface area contributed by atoms with Crippen LogP contribution in [0.15, 0.2) is 15.9 Å². The topological polar surface area (TPSA) is 32.3 Å². The number of halogens is 1. The van der Waals surface area contributed by atoms with Gasteiger partial charge in [-0.25, -0.2) is 4.79 Å². The minimum Gasteiger partial charge on any atom is -0.335 e. The summed E-state index contributed by atoms with van der Waals surface area (Å²) in [6, 6.07) is 4.50. The lowest BCUT2D eigenvalue weighted by molar-refractivity contribution is 0.203. The maximum absolute atomic E-state index is 11.9. The first-order valence-electron chi connectivity index (χ1n) is 5.91. The van der Waals surface area contributed by atoms with Crippen LogP contribution < -0.4 is 5.32 Å². The summed E-state index contributed by atoms with van der Waals surface area (Å²) in [6.07, 6.45) is 4.74. The van der Waals surface area contributed by atoms with E-state index in [4.69, 9.17) is 0 Å². The first-order valence-corrected chi connectivity index (χ1v) is 7.52. The van der Waals surface area contributed by atoms with E-state index in [0.717, 1.165) is 16.6 Å².